The van der Waals surface area contributed by atoms with Crippen molar-refractivity contribution in [3.63, 3.8) is 0 Å². The van der Waals surface area contributed by atoms with E-state index in [0.29, 0.717) is 0 Å². The van der Waals surface area contributed by atoms with Gasteiger partial charge in [-0.3, -0.25) is 9.59 Å². The molecule has 0 aliphatic heterocycles. The Balaban J connectivity index is 4.42. The first kappa shape index (κ1) is 14.9. The Morgan fingerprint density at radius 1 is 1.31 bits per heavy atom. The van der Waals surface area contributed by atoms with Crippen LogP contribution in [-0.2, 0) is 9.59 Å². The number of hydrogen-bond acceptors (Lipinski definition) is 2. The first-order valence-electron chi connectivity index (χ1n) is 5.92. The quantitative estimate of drug-likeness (QED) is 0.747. The smallest absolute Gasteiger partial charge is 0.245 e. The van der Waals surface area contributed by atoms with Crippen LogP contribution in [0.4, 0.5) is 0 Å². The molecule has 1 atom stereocenters. The highest BCUT2D eigenvalue weighted by Crippen LogP contribution is 2.06. The molecule has 4 nitrogen and oxygen atoms in total. The van der Waals surface area contributed by atoms with E-state index in [9.17, 15) is 9.59 Å². The number of rotatable bonds is 6. The van der Waals surface area contributed by atoms with Crippen LogP contribution in [0.25, 0.3) is 0 Å². The standard InChI is InChI=1S/C12H24N2O2/c1-6-7-8-14(5)12(16)11(9(2)3)13-10(4)15/h9,11H,6-8H2,1-5H3,(H,13,15). The molecule has 0 saturated carbocycles. The summed E-state index contributed by atoms with van der Waals surface area (Å²) in [5, 5.41) is 2.71. The van der Waals surface area contributed by atoms with E-state index < -0.39 is 6.04 Å². The highest BCUT2D eigenvalue weighted by molar-refractivity contribution is 5.86. The summed E-state index contributed by atoms with van der Waals surface area (Å²) >= 11 is 0. The molecule has 4 heteroatoms. The number of hydrogen-bond donors (Lipinski definition) is 1. The van der Waals surface area contributed by atoms with Crippen LogP contribution >= 0.6 is 0 Å². The molecule has 0 aliphatic rings. The summed E-state index contributed by atoms with van der Waals surface area (Å²) in [6.45, 7) is 8.15. The van der Waals surface area contributed by atoms with Gasteiger partial charge >= 0.3 is 0 Å². The van der Waals surface area contributed by atoms with Crippen LogP contribution in [0.5, 0.6) is 0 Å². The zero-order chi connectivity index (χ0) is 12.7. The van der Waals surface area contributed by atoms with Crippen molar-refractivity contribution >= 4 is 11.8 Å². The van der Waals surface area contributed by atoms with Gasteiger partial charge in [-0.1, -0.05) is 27.2 Å². The van der Waals surface area contributed by atoms with Crippen molar-refractivity contribution in [2.45, 2.75) is 46.6 Å². The molecule has 0 heterocycles. The number of nitrogens with one attached hydrogen (secondary N) is 1. The van der Waals surface area contributed by atoms with Crippen LogP contribution < -0.4 is 5.32 Å². The van der Waals surface area contributed by atoms with Gasteiger partial charge < -0.3 is 10.2 Å². The third-order valence-electron chi connectivity index (χ3n) is 2.51. The number of likely N-dealkylation sites (N-methyl/N-ethyl adjacent to an activating group) is 1. The first-order chi connectivity index (χ1) is 7.40. The first-order valence-corrected chi connectivity index (χ1v) is 5.92. The van der Waals surface area contributed by atoms with E-state index >= 15 is 0 Å². The fourth-order valence-corrected chi connectivity index (χ4v) is 1.48. The number of unbranched alkanes of at least 4 members (excludes halogenated alkanes) is 1. The van der Waals surface area contributed by atoms with Gasteiger partial charge in [0, 0.05) is 20.5 Å². The average molecular weight is 228 g/mol. The average Bonchev–Trinajstić information content (AvgIpc) is 2.20. The minimum Gasteiger partial charge on any atom is -0.344 e. The van der Waals surface area contributed by atoms with Gasteiger partial charge in [-0.05, 0) is 12.3 Å². The van der Waals surface area contributed by atoms with Crippen molar-refractivity contribution in [3.8, 4) is 0 Å². The van der Waals surface area contributed by atoms with Crippen molar-refractivity contribution in [2.75, 3.05) is 13.6 Å². The maximum absolute atomic E-state index is 12.0. The minimum absolute atomic E-state index is 0.00125. The second-order valence-electron chi connectivity index (χ2n) is 4.54. The number of carbonyl (C=O) groups is 2. The number of nitrogens with zero attached hydrogens (tertiary/aromatic N) is 1. The Morgan fingerprint density at radius 2 is 1.88 bits per heavy atom. The molecule has 0 rings (SSSR count). The molecule has 1 unspecified atom stereocenters. The lowest BCUT2D eigenvalue weighted by atomic mass is 10.0. The number of carbonyl (C=O) groups excluding carboxylic acids is 2. The van der Waals surface area contributed by atoms with Gasteiger partial charge in [-0.2, -0.15) is 0 Å². The Kier molecular flexibility index (Phi) is 6.77. The zero-order valence-electron chi connectivity index (χ0n) is 11.0. The van der Waals surface area contributed by atoms with Gasteiger partial charge in [0.15, 0.2) is 0 Å². The van der Waals surface area contributed by atoms with Crippen molar-refractivity contribution in [1.82, 2.24) is 10.2 Å². The fraction of sp³-hybridized carbons (Fsp3) is 0.833. The summed E-state index contributed by atoms with van der Waals surface area (Å²) in [6, 6.07) is -0.403. The summed E-state index contributed by atoms with van der Waals surface area (Å²) in [5.41, 5.74) is 0. The lowest BCUT2D eigenvalue weighted by molar-refractivity contribution is -0.136. The second kappa shape index (κ2) is 7.25. The highest BCUT2D eigenvalue weighted by Gasteiger charge is 2.25. The van der Waals surface area contributed by atoms with Gasteiger partial charge in [0.2, 0.25) is 11.8 Å². The maximum atomic E-state index is 12.0. The van der Waals surface area contributed by atoms with Gasteiger partial charge in [0.05, 0.1) is 0 Å². The van der Waals surface area contributed by atoms with Crippen molar-refractivity contribution in [3.05, 3.63) is 0 Å². The lowest BCUT2D eigenvalue weighted by Crippen LogP contribution is -2.49. The predicted molar refractivity (Wildman–Crippen MR) is 65.0 cm³/mol. The van der Waals surface area contributed by atoms with E-state index in [0.717, 1.165) is 19.4 Å². The molecule has 1 N–H and O–H groups in total. The fourth-order valence-electron chi connectivity index (χ4n) is 1.48. The number of amides is 2. The van der Waals surface area contributed by atoms with E-state index in [4.69, 9.17) is 0 Å². The third kappa shape index (κ3) is 5.14. The summed E-state index contributed by atoms with van der Waals surface area (Å²) < 4.78 is 0. The normalized spacial score (nSPS) is 12.4. The lowest BCUT2D eigenvalue weighted by Gasteiger charge is -2.26. The molecule has 0 bridgehead atoms. The monoisotopic (exact) mass is 228 g/mol. The van der Waals surface area contributed by atoms with Crippen LogP contribution in [0.1, 0.15) is 40.5 Å². The van der Waals surface area contributed by atoms with E-state index in [1.54, 1.807) is 11.9 Å². The minimum atomic E-state index is -0.403. The van der Waals surface area contributed by atoms with E-state index in [1.165, 1.54) is 6.92 Å². The highest BCUT2D eigenvalue weighted by atomic mass is 16.2. The third-order valence-corrected chi connectivity index (χ3v) is 2.51. The molecule has 0 aromatic carbocycles. The summed E-state index contributed by atoms with van der Waals surface area (Å²) in [7, 11) is 1.79. The molecule has 2 amide bonds. The van der Waals surface area contributed by atoms with E-state index in [-0.39, 0.29) is 17.7 Å². The van der Waals surface area contributed by atoms with Crippen molar-refractivity contribution in [1.29, 1.82) is 0 Å². The Morgan fingerprint density at radius 3 is 2.25 bits per heavy atom. The summed E-state index contributed by atoms with van der Waals surface area (Å²) in [6.07, 6.45) is 2.05. The second-order valence-corrected chi connectivity index (χ2v) is 4.54. The van der Waals surface area contributed by atoms with Gasteiger partial charge in [-0.15, -0.1) is 0 Å². The molecule has 0 saturated heterocycles. The Bertz CT molecular complexity index is 239. The Labute approximate surface area is 98.4 Å². The van der Waals surface area contributed by atoms with E-state index in [2.05, 4.69) is 12.2 Å². The SMILES string of the molecule is CCCCN(C)C(=O)C(NC(C)=O)C(C)C. The van der Waals surface area contributed by atoms with Crippen molar-refractivity contribution in [2.24, 2.45) is 5.92 Å². The van der Waals surface area contributed by atoms with Crippen LogP contribution in [0.2, 0.25) is 0 Å². The van der Waals surface area contributed by atoms with E-state index in [1.807, 2.05) is 13.8 Å². The molecule has 0 radical (unpaired) electrons. The van der Waals surface area contributed by atoms with Gasteiger partial charge in [0.25, 0.3) is 0 Å². The van der Waals surface area contributed by atoms with Crippen LogP contribution in [0.3, 0.4) is 0 Å². The van der Waals surface area contributed by atoms with Gasteiger partial charge in [-0.25, -0.2) is 0 Å². The topological polar surface area (TPSA) is 49.4 Å². The molecule has 0 aromatic rings. The Hall–Kier alpha value is -1.06. The molecule has 0 aromatic heterocycles. The molecule has 0 aliphatic carbocycles. The van der Waals surface area contributed by atoms with Crippen LogP contribution in [-0.4, -0.2) is 36.3 Å². The summed E-state index contributed by atoms with van der Waals surface area (Å²) in [5.74, 6) is -0.0462. The summed E-state index contributed by atoms with van der Waals surface area (Å²) in [4.78, 5) is 24.8. The molecule has 0 fully saturated rings. The molecule has 16 heavy (non-hydrogen) atoms. The molecular formula is C12H24N2O2. The van der Waals surface area contributed by atoms with Crippen molar-refractivity contribution < 1.29 is 9.59 Å². The molecule has 94 valence electrons. The predicted octanol–water partition coefficient (Wildman–Crippen LogP) is 1.41. The van der Waals surface area contributed by atoms with Gasteiger partial charge in [0.1, 0.15) is 6.04 Å². The zero-order valence-corrected chi connectivity index (χ0v) is 11.0. The maximum Gasteiger partial charge on any atom is 0.245 e. The van der Waals surface area contributed by atoms with Crippen LogP contribution in [0, 0.1) is 5.92 Å². The molecule has 0 spiro atoms. The van der Waals surface area contributed by atoms with Crippen LogP contribution in [0.15, 0.2) is 0 Å². The molecular weight excluding hydrogens is 204 g/mol. The largest absolute Gasteiger partial charge is 0.344 e.